The monoisotopic (exact) mass is 368 g/mol. The van der Waals surface area contributed by atoms with E-state index in [1.54, 1.807) is 37.3 Å². The van der Waals surface area contributed by atoms with Crippen molar-refractivity contribution in [3.63, 3.8) is 0 Å². The van der Waals surface area contributed by atoms with E-state index >= 15 is 0 Å². The zero-order valence-electron chi connectivity index (χ0n) is 16.3. The van der Waals surface area contributed by atoms with E-state index in [9.17, 15) is 9.18 Å². The van der Waals surface area contributed by atoms with Gasteiger partial charge in [0.15, 0.2) is 0 Å². The van der Waals surface area contributed by atoms with Gasteiger partial charge in [-0.05, 0) is 73.8 Å². The number of benzene rings is 2. The lowest BCUT2D eigenvalue weighted by Crippen LogP contribution is -2.13. The summed E-state index contributed by atoms with van der Waals surface area (Å²) in [4.78, 5) is 11.7. The standard InChI is InChI=1S/C24H29FO2/c1-3-5-17-6-8-18(9-7-17)21-14-15-22(23(25)16-21)19-10-12-20(13-11-19)24(26)27-4-2/h10-18H,3-9H2,1-2H3. The van der Waals surface area contributed by atoms with E-state index in [1.165, 1.54) is 25.7 Å². The van der Waals surface area contributed by atoms with Gasteiger partial charge in [0.2, 0.25) is 0 Å². The van der Waals surface area contributed by atoms with Crippen molar-refractivity contribution < 1.29 is 13.9 Å². The summed E-state index contributed by atoms with van der Waals surface area (Å²) in [6.07, 6.45) is 7.43. The fourth-order valence-electron chi connectivity index (χ4n) is 4.21. The Morgan fingerprint density at radius 2 is 1.74 bits per heavy atom. The average Bonchev–Trinajstić information content (AvgIpc) is 2.69. The number of halogens is 1. The molecule has 0 atom stereocenters. The first-order chi connectivity index (χ1) is 13.1. The third-order valence-corrected chi connectivity index (χ3v) is 5.72. The summed E-state index contributed by atoms with van der Waals surface area (Å²) in [5, 5.41) is 0. The highest BCUT2D eigenvalue weighted by molar-refractivity contribution is 5.90. The molecule has 0 aliphatic heterocycles. The molecule has 0 saturated heterocycles. The quantitative estimate of drug-likeness (QED) is 0.528. The van der Waals surface area contributed by atoms with Crippen molar-refractivity contribution in [2.24, 2.45) is 5.92 Å². The predicted octanol–water partition coefficient (Wildman–Crippen LogP) is 6.74. The number of carbonyl (C=O) groups excluding carboxylic acids is 1. The Balaban J connectivity index is 1.71. The van der Waals surface area contributed by atoms with Crippen molar-refractivity contribution in [1.29, 1.82) is 0 Å². The fraction of sp³-hybridized carbons (Fsp3) is 0.458. The van der Waals surface area contributed by atoms with Crippen LogP contribution in [0.25, 0.3) is 11.1 Å². The maximum absolute atomic E-state index is 14.8. The second-order valence-electron chi connectivity index (χ2n) is 7.54. The molecule has 1 aliphatic rings. The Kier molecular flexibility index (Phi) is 6.65. The van der Waals surface area contributed by atoms with E-state index < -0.39 is 0 Å². The number of carbonyl (C=O) groups is 1. The molecule has 1 fully saturated rings. The number of hydrogen-bond donors (Lipinski definition) is 0. The molecule has 2 aromatic rings. The molecular formula is C24H29FO2. The summed E-state index contributed by atoms with van der Waals surface area (Å²) in [6, 6.07) is 12.6. The summed E-state index contributed by atoms with van der Waals surface area (Å²) in [5.41, 5.74) is 2.96. The van der Waals surface area contributed by atoms with E-state index in [1.807, 2.05) is 6.07 Å². The second kappa shape index (κ2) is 9.16. The predicted molar refractivity (Wildman–Crippen MR) is 107 cm³/mol. The molecule has 3 rings (SSSR count). The third kappa shape index (κ3) is 4.77. The summed E-state index contributed by atoms with van der Waals surface area (Å²) in [6.45, 7) is 4.37. The number of rotatable bonds is 6. The maximum atomic E-state index is 14.8. The van der Waals surface area contributed by atoms with Crippen LogP contribution in [0.1, 0.15) is 74.2 Å². The molecule has 144 valence electrons. The Bertz CT molecular complexity index is 758. The number of hydrogen-bond acceptors (Lipinski definition) is 2. The number of ether oxygens (including phenoxy) is 1. The van der Waals surface area contributed by atoms with E-state index in [0.29, 0.717) is 23.7 Å². The molecule has 2 nitrogen and oxygen atoms in total. The Morgan fingerprint density at radius 1 is 1.04 bits per heavy atom. The van der Waals surface area contributed by atoms with Gasteiger partial charge in [-0.1, -0.05) is 44.0 Å². The molecule has 1 aliphatic carbocycles. The van der Waals surface area contributed by atoms with Crippen molar-refractivity contribution in [1.82, 2.24) is 0 Å². The summed E-state index contributed by atoms with van der Waals surface area (Å²) >= 11 is 0. The first-order valence-corrected chi connectivity index (χ1v) is 10.2. The molecule has 0 radical (unpaired) electrons. The molecule has 0 aromatic heterocycles. The van der Waals surface area contributed by atoms with Crippen molar-refractivity contribution in [3.8, 4) is 11.1 Å². The minimum absolute atomic E-state index is 0.188. The van der Waals surface area contributed by atoms with E-state index in [4.69, 9.17) is 4.74 Å². The first kappa shape index (κ1) is 19.6. The first-order valence-electron chi connectivity index (χ1n) is 10.2. The molecule has 0 unspecified atom stereocenters. The summed E-state index contributed by atoms with van der Waals surface area (Å²) < 4.78 is 19.8. The van der Waals surface area contributed by atoms with Gasteiger partial charge in [-0.2, -0.15) is 0 Å². The van der Waals surface area contributed by atoms with Gasteiger partial charge >= 0.3 is 5.97 Å². The molecule has 3 heteroatoms. The molecule has 2 aromatic carbocycles. The van der Waals surface area contributed by atoms with E-state index in [0.717, 1.165) is 29.9 Å². The molecule has 1 saturated carbocycles. The molecule has 0 N–H and O–H groups in total. The Labute approximate surface area is 161 Å². The van der Waals surface area contributed by atoms with Crippen LogP contribution in [-0.4, -0.2) is 12.6 Å². The zero-order chi connectivity index (χ0) is 19.2. The van der Waals surface area contributed by atoms with Crippen LogP contribution in [0.3, 0.4) is 0 Å². The van der Waals surface area contributed by atoms with E-state index in [2.05, 4.69) is 13.0 Å². The zero-order valence-corrected chi connectivity index (χ0v) is 16.3. The van der Waals surface area contributed by atoms with Crippen molar-refractivity contribution in [2.75, 3.05) is 6.61 Å². The highest BCUT2D eigenvalue weighted by Crippen LogP contribution is 2.38. The Hall–Kier alpha value is -2.16. The van der Waals surface area contributed by atoms with Crippen LogP contribution in [0.4, 0.5) is 4.39 Å². The highest BCUT2D eigenvalue weighted by atomic mass is 19.1. The fourth-order valence-corrected chi connectivity index (χ4v) is 4.21. The number of esters is 1. The largest absolute Gasteiger partial charge is 0.462 e. The van der Waals surface area contributed by atoms with Crippen LogP contribution < -0.4 is 0 Å². The van der Waals surface area contributed by atoms with Gasteiger partial charge in [0, 0.05) is 5.56 Å². The normalized spacial score (nSPS) is 19.7. The molecule has 0 heterocycles. The van der Waals surface area contributed by atoms with Crippen LogP contribution in [-0.2, 0) is 4.74 Å². The summed E-state index contributed by atoms with van der Waals surface area (Å²) in [7, 11) is 0. The average molecular weight is 368 g/mol. The molecule has 0 spiro atoms. The molecule has 0 amide bonds. The van der Waals surface area contributed by atoms with Gasteiger partial charge in [0.25, 0.3) is 0 Å². The van der Waals surface area contributed by atoms with Crippen LogP contribution >= 0.6 is 0 Å². The topological polar surface area (TPSA) is 26.3 Å². The lowest BCUT2D eigenvalue weighted by molar-refractivity contribution is 0.0526. The lowest BCUT2D eigenvalue weighted by atomic mass is 9.77. The highest BCUT2D eigenvalue weighted by Gasteiger charge is 2.22. The van der Waals surface area contributed by atoms with Gasteiger partial charge in [0.05, 0.1) is 12.2 Å². The second-order valence-corrected chi connectivity index (χ2v) is 7.54. The minimum atomic E-state index is -0.349. The van der Waals surface area contributed by atoms with Crippen molar-refractivity contribution >= 4 is 5.97 Å². The molecular weight excluding hydrogens is 339 g/mol. The van der Waals surface area contributed by atoms with Gasteiger partial charge in [-0.15, -0.1) is 0 Å². The van der Waals surface area contributed by atoms with Crippen LogP contribution in [0.2, 0.25) is 0 Å². The van der Waals surface area contributed by atoms with E-state index in [-0.39, 0.29) is 11.8 Å². The molecule has 27 heavy (non-hydrogen) atoms. The van der Waals surface area contributed by atoms with Gasteiger partial charge < -0.3 is 4.74 Å². The lowest BCUT2D eigenvalue weighted by Gasteiger charge is -2.28. The Morgan fingerprint density at radius 3 is 2.33 bits per heavy atom. The van der Waals surface area contributed by atoms with Crippen LogP contribution in [0.15, 0.2) is 42.5 Å². The maximum Gasteiger partial charge on any atom is 0.338 e. The minimum Gasteiger partial charge on any atom is -0.462 e. The van der Waals surface area contributed by atoms with Gasteiger partial charge in [-0.3, -0.25) is 0 Å². The smallest absolute Gasteiger partial charge is 0.338 e. The van der Waals surface area contributed by atoms with Gasteiger partial charge in [0.1, 0.15) is 5.82 Å². The summed E-state index contributed by atoms with van der Waals surface area (Å²) in [5.74, 6) is 0.798. The third-order valence-electron chi connectivity index (χ3n) is 5.72. The van der Waals surface area contributed by atoms with Crippen molar-refractivity contribution in [2.45, 2.75) is 58.3 Å². The molecule has 0 bridgehead atoms. The van der Waals surface area contributed by atoms with Gasteiger partial charge in [-0.25, -0.2) is 9.18 Å². The SMILES string of the molecule is CCCC1CCC(c2ccc(-c3ccc(C(=O)OCC)cc3)c(F)c2)CC1. The van der Waals surface area contributed by atoms with Crippen LogP contribution in [0, 0.1) is 11.7 Å². The van der Waals surface area contributed by atoms with Crippen molar-refractivity contribution in [3.05, 3.63) is 59.4 Å². The van der Waals surface area contributed by atoms with Crippen LogP contribution in [0.5, 0.6) is 0 Å².